The second kappa shape index (κ2) is 8.62. The summed E-state index contributed by atoms with van der Waals surface area (Å²) in [6.45, 7) is 0.453. The van der Waals surface area contributed by atoms with E-state index in [0.29, 0.717) is 12.1 Å². The van der Waals surface area contributed by atoms with Crippen LogP contribution in [0.2, 0.25) is 0 Å². The third-order valence-corrected chi connectivity index (χ3v) is 3.96. The highest BCUT2D eigenvalue weighted by Gasteiger charge is 2.12. The van der Waals surface area contributed by atoms with Crippen LogP contribution in [0.5, 0.6) is 5.75 Å². The van der Waals surface area contributed by atoms with Gasteiger partial charge in [-0.3, -0.25) is 9.78 Å². The fourth-order valence-electron chi connectivity index (χ4n) is 2.54. The monoisotopic (exact) mass is 344 g/mol. The summed E-state index contributed by atoms with van der Waals surface area (Å²) in [5, 5.41) is 2.98. The molecule has 3 rings (SSSR count). The Morgan fingerprint density at radius 2 is 1.69 bits per heavy atom. The van der Waals surface area contributed by atoms with E-state index in [-0.39, 0.29) is 5.91 Å². The second-order valence-corrected chi connectivity index (χ2v) is 5.74. The van der Waals surface area contributed by atoms with Crippen LogP contribution in [0.25, 0.3) is 11.6 Å². The first kappa shape index (κ1) is 17.4. The molecule has 0 saturated heterocycles. The lowest BCUT2D eigenvalue weighted by Crippen LogP contribution is -2.23. The van der Waals surface area contributed by atoms with Gasteiger partial charge in [0, 0.05) is 24.5 Å². The smallest absolute Gasteiger partial charge is 0.252 e. The molecule has 0 atom stereocenters. The van der Waals surface area contributed by atoms with Crippen LogP contribution in [0, 0.1) is 0 Å². The van der Waals surface area contributed by atoms with Gasteiger partial charge < -0.3 is 10.1 Å². The molecule has 0 aliphatic carbocycles. The van der Waals surface area contributed by atoms with Crippen LogP contribution in [0.15, 0.2) is 79.1 Å². The van der Waals surface area contributed by atoms with Gasteiger partial charge in [-0.25, -0.2) is 0 Å². The van der Waals surface area contributed by atoms with Crippen LogP contribution < -0.4 is 10.1 Å². The predicted octanol–water partition coefficient (Wildman–Crippen LogP) is 3.95. The average Bonchev–Trinajstić information content (AvgIpc) is 2.72. The Kier molecular flexibility index (Phi) is 5.78. The molecule has 0 aliphatic rings. The summed E-state index contributed by atoms with van der Waals surface area (Å²) in [7, 11) is 1.63. The molecule has 130 valence electrons. The minimum absolute atomic E-state index is 0.121. The molecule has 1 heterocycles. The molecular weight excluding hydrogens is 324 g/mol. The second-order valence-electron chi connectivity index (χ2n) is 5.74. The molecular formula is C22H20N2O2. The number of methoxy groups -OCH3 is 1. The van der Waals surface area contributed by atoms with Crippen molar-refractivity contribution >= 4 is 17.6 Å². The number of carbonyl (C=O) groups excluding carboxylic acids is 1. The van der Waals surface area contributed by atoms with Crippen molar-refractivity contribution in [2.24, 2.45) is 0 Å². The summed E-state index contributed by atoms with van der Waals surface area (Å²) >= 11 is 0. The van der Waals surface area contributed by atoms with Crippen molar-refractivity contribution in [3.63, 3.8) is 0 Å². The van der Waals surface area contributed by atoms with Crippen LogP contribution in [0.1, 0.15) is 16.7 Å². The summed E-state index contributed by atoms with van der Waals surface area (Å²) in [4.78, 5) is 16.8. The van der Waals surface area contributed by atoms with Crippen molar-refractivity contribution in [2.75, 3.05) is 7.11 Å². The zero-order valence-electron chi connectivity index (χ0n) is 14.6. The molecule has 4 heteroatoms. The van der Waals surface area contributed by atoms with E-state index in [1.807, 2.05) is 72.8 Å². The van der Waals surface area contributed by atoms with E-state index in [0.717, 1.165) is 22.4 Å². The molecule has 0 fully saturated rings. The molecule has 26 heavy (non-hydrogen) atoms. The van der Waals surface area contributed by atoms with E-state index in [4.69, 9.17) is 4.74 Å². The molecule has 0 aliphatic heterocycles. The Morgan fingerprint density at radius 1 is 1.00 bits per heavy atom. The number of nitrogens with one attached hydrogen (secondary N) is 1. The van der Waals surface area contributed by atoms with E-state index in [2.05, 4.69) is 10.3 Å². The highest BCUT2D eigenvalue weighted by atomic mass is 16.5. The highest BCUT2D eigenvalue weighted by Crippen LogP contribution is 2.20. The minimum atomic E-state index is -0.121. The molecule has 1 amide bonds. The topological polar surface area (TPSA) is 51.2 Å². The Balaban J connectivity index is 1.85. The number of carbonyl (C=O) groups is 1. The number of rotatable bonds is 6. The number of hydrogen-bond acceptors (Lipinski definition) is 3. The van der Waals surface area contributed by atoms with E-state index in [9.17, 15) is 4.79 Å². The normalized spacial score (nSPS) is 11.0. The lowest BCUT2D eigenvalue weighted by molar-refractivity contribution is -0.115. The Hall–Kier alpha value is -3.40. The fraction of sp³-hybridized carbons (Fsp3) is 0.0909. The van der Waals surface area contributed by atoms with Crippen molar-refractivity contribution in [1.29, 1.82) is 0 Å². The molecule has 1 aromatic heterocycles. The SMILES string of the molecule is COc1ccc(/C=C(/C(=O)NCc2ccncc2)c2ccccc2)cc1. The van der Waals surface area contributed by atoms with Crippen molar-refractivity contribution in [3.05, 3.63) is 95.8 Å². The number of benzene rings is 2. The van der Waals surface area contributed by atoms with Gasteiger partial charge in [-0.2, -0.15) is 0 Å². The number of pyridine rings is 1. The maximum atomic E-state index is 12.8. The van der Waals surface area contributed by atoms with Crippen molar-refractivity contribution in [1.82, 2.24) is 10.3 Å². The molecule has 2 aromatic carbocycles. The lowest BCUT2D eigenvalue weighted by atomic mass is 10.0. The summed E-state index contributed by atoms with van der Waals surface area (Å²) in [5.74, 6) is 0.661. The van der Waals surface area contributed by atoms with Gasteiger partial charge in [-0.1, -0.05) is 42.5 Å². The van der Waals surface area contributed by atoms with Crippen LogP contribution in [-0.2, 0) is 11.3 Å². The summed E-state index contributed by atoms with van der Waals surface area (Å²) in [6, 6.07) is 21.0. The maximum absolute atomic E-state index is 12.8. The Morgan fingerprint density at radius 3 is 2.35 bits per heavy atom. The largest absolute Gasteiger partial charge is 0.497 e. The zero-order valence-corrected chi connectivity index (χ0v) is 14.6. The van der Waals surface area contributed by atoms with Crippen molar-refractivity contribution in [3.8, 4) is 5.75 Å². The van der Waals surface area contributed by atoms with Crippen LogP contribution in [0.4, 0.5) is 0 Å². The molecule has 0 spiro atoms. The molecule has 0 unspecified atom stereocenters. The predicted molar refractivity (Wildman–Crippen MR) is 103 cm³/mol. The Bertz CT molecular complexity index is 873. The number of amides is 1. The number of nitrogens with zero attached hydrogens (tertiary/aromatic N) is 1. The van der Waals surface area contributed by atoms with Crippen LogP contribution >= 0.6 is 0 Å². The number of aromatic nitrogens is 1. The quantitative estimate of drug-likeness (QED) is 0.544. The maximum Gasteiger partial charge on any atom is 0.252 e. The summed E-state index contributed by atoms with van der Waals surface area (Å²) in [5.41, 5.74) is 3.43. The van der Waals surface area contributed by atoms with Gasteiger partial charge in [0.05, 0.1) is 7.11 Å². The lowest BCUT2D eigenvalue weighted by Gasteiger charge is -2.10. The van der Waals surface area contributed by atoms with Crippen LogP contribution in [-0.4, -0.2) is 18.0 Å². The molecule has 0 radical (unpaired) electrons. The van der Waals surface area contributed by atoms with Gasteiger partial charge in [0.25, 0.3) is 5.91 Å². The van der Waals surface area contributed by atoms with Gasteiger partial charge in [-0.15, -0.1) is 0 Å². The third-order valence-electron chi connectivity index (χ3n) is 3.96. The first-order valence-corrected chi connectivity index (χ1v) is 8.34. The minimum Gasteiger partial charge on any atom is -0.497 e. The van der Waals surface area contributed by atoms with Gasteiger partial charge in [0.1, 0.15) is 5.75 Å². The summed E-state index contributed by atoms with van der Waals surface area (Å²) in [6.07, 6.45) is 5.32. The van der Waals surface area contributed by atoms with E-state index < -0.39 is 0 Å². The molecule has 0 saturated carbocycles. The zero-order chi connectivity index (χ0) is 18.2. The molecule has 0 bridgehead atoms. The number of hydrogen-bond donors (Lipinski definition) is 1. The average molecular weight is 344 g/mol. The van der Waals surface area contributed by atoms with Crippen molar-refractivity contribution in [2.45, 2.75) is 6.54 Å². The first-order chi connectivity index (χ1) is 12.8. The van der Waals surface area contributed by atoms with Crippen LogP contribution in [0.3, 0.4) is 0 Å². The molecule has 3 aromatic rings. The van der Waals surface area contributed by atoms with E-state index in [1.165, 1.54) is 0 Å². The van der Waals surface area contributed by atoms with Gasteiger partial charge in [-0.05, 0) is 47.0 Å². The molecule has 4 nitrogen and oxygen atoms in total. The third kappa shape index (κ3) is 4.57. The van der Waals surface area contributed by atoms with Gasteiger partial charge in [0.2, 0.25) is 0 Å². The van der Waals surface area contributed by atoms with E-state index >= 15 is 0 Å². The fourth-order valence-corrected chi connectivity index (χ4v) is 2.54. The Labute approximate surface area is 153 Å². The first-order valence-electron chi connectivity index (χ1n) is 8.34. The van der Waals surface area contributed by atoms with Gasteiger partial charge >= 0.3 is 0 Å². The van der Waals surface area contributed by atoms with Crippen molar-refractivity contribution < 1.29 is 9.53 Å². The highest BCUT2D eigenvalue weighted by molar-refractivity contribution is 6.24. The molecule has 1 N–H and O–H groups in total. The van der Waals surface area contributed by atoms with E-state index in [1.54, 1.807) is 19.5 Å². The number of ether oxygens (including phenoxy) is 1. The summed E-state index contributed by atoms with van der Waals surface area (Å²) < 4.78 is 5.19. The standard InChI is InChI=1S/C22H20N2O2/c1-26-20-9-7-17(8-10-20)15-21(19-5-3-2-4-6-19)22(25)24-16-18-11-13-23-14-12-18/h2-15H,16H2,1H3,(H,24,25)/b21-15+. The van der Waals surface area contributed by atoms with Gasteiger partial charge in [0.15, 0.2) is 0 Å².